The van der Waals surface area contributed by atoms with Crippen molar-refractivity contribution >= 4 is 28.4 Å². The minimum absolute atomic E-state index is 0.692. The van der Waals surface area contributed by atoms with Gasteiger partial charge in [-0.05, 0) is 17.6 Å². The molecule has 0 amide bonds. The molecule has 0 unspecified atom stereocenters. The van der Waals surface area contributed by atoms with Crippen molar-refractivity contribution in [2.24, 2.45) is 0 Å². The summed E-state index contributed by atoms with van der Waals surface area (Å²) < 4.78 is 0. The largest absolute Gasteiger partial charge is 0.127 e. The topological polar surface area (TPSA) is 0 Å². The molecule has 0 rings (SSSR count). The maximum atomic E-state index is 5.62. The third-order valence-electron chi connectivity index (χ3n) is 1.72. The average Bonchev–Trinajstić information content (AvgIpc) is 1.85. The van der Waals surface area contributed by atoms with Crippen LogP contribution < -0.4 is 0 Å². The molecule has 0 aliphatic carbocycles. The Morgan fingerprint density at radius 3 is 1.40 bits per heavy atom. The van der Waals surface area contributed by atoms with Gasteiger partial charge >= 0.3 is 0 Å². The van der Waals surface area contributed by atoms with Gasteiger partial charge in [-0.1, -0.05) is 39.5 Å². The van der Waals surface area contributed by atoms with Crippen LogP contribution in [-0.2, 0) is 11.8 Å². The van der Waals surface area contributed by atoms with Crippen molar-refractivity contribution in [2.75, 3.05) is 6.26 Å². The maximum absolute atomic E-state index is 5.62. The quantitative estimate of drug-likeness (QED) is 0.633. The zero-order valence-electron chi connectivity index (χ0n) is 7.42. The van der Waals surface area contributed by atoms with Crippen LogP contribution in [0.2, 0.25) is 0 Å². The fourth-order valence-corrected chi connectivity index (χ4v) is 5.58. The molecule has 0 radical (unpaired) electrons. The molecule has 0 aromatic carbocycles. The minimum Gasteiger partial charge on any atom is -0.127 e. The van der Waals surface area contributed by atoms with Gasteiger partial charge in [0.25, 0.3) is 0 Å². The van der Waals surface area contributed by atoms with E-state index in [0.29, 0.717) is 11.3 Å². The second kappa shape index (κ2) is 4.13. The molecule has 10 heavy (non-hydrogen) atoms. The van der Waals surface area contributed by atoms with E-state index in [2.05, 4.69) is 34.0 Å². The number of rotatable bonds is 3. The number of hydrogen-bond donors (Lipinski definition) is 0. The lowest BCUT2D eigenvalue weighted by Crippen LogP contribution is -2.04. The molecule has 62 valence electrons. The Kier molecular flexibility index (Phi) is 4.55. The van der Waals surface area contributed by atoms with Crippen LogP contribution in [0.1, 0.15) is 27.7 Å². The van der Waals surface area contributed by atoms with Gasteiger partial charge in [0.15, 0.2) is 0 Å². The van der Waals surface area contributed by atoms with E-state index in [0.717, 1.165) is 0 Å². The highest BCUT2D eigenvalue weighted by Crippen LogP contribution is 2.64. The zero-order valence-corrected chi connectivity index (χ0v) is 9.95. The first-order chi connectivity index (χ1) is 4.45. The third-order valence-corrected chi connectivity index (χ3v) is 13.3. The molecule has 0 bridgehead atoms. The van der Waals surface area contributed by atoms with Gasteiger partial charge in [0.05, 0.1) is 0 Å². The van der Waals surface area contributed by atoms with Gasteiger partial charge in [0, 0.05) is 5.24 Å². The zero-order chi connectivity index (χ0) is 8.36. The third kappa shape index (κ3) is 2.25. The molecule has 0 saturated heterocycles. The van der Waals surface area contributed by atoms with E-state index in [1.54, 1.807) is 0 Å². The highest BCUT2D eigenvalue weighted by molar-refractivity contribution is 8.71. The highest BCUT2D eigenvalue weighted by Gasteiger charge is 2.23. The molecule has 0 aromatic heterocycles. The Bertz CT molecular complexity index is 129. The van der Waals surface area contributed by atoms with Crippen LogP contribution in [-0.4, -0.2) is 17.6 Å². The predicted octanol–water partition coefficient (Wildman–Crippen LogP) is 3.56. The molecule has 3 heteroatoms. The highest BCUT2D eigenvalue weighted by atomic mass is 32.9. The van der Waals surface area contributed by atoms with Gasteiger partial charge in [0.2, 0.25) is 0 Å². The minimum atomic E-state index is -1.09. The fraction of sp³-hybridized carbons (Fsp3) is 1.00. The van der Waals surface area contributed by atoms with Crippen LogP contribution in [0.4, 0.5) is 0 Å². The van der Waals surface area contributed by atoms with E-state index >= 15 is 0 Å². The van der Waals surface area contributed by atoms with Gasteiger partial charge < -0.3 is 0 Å². The molecular weight excluding hydrogens is 179 g/mol. The van der Waals surface area contributed by atoms with Crippen LogP contribution in [0.5, 0.6) is 0 Å². The van der Waals surface area contributed by atoms with Gasteiger partial charge in [-0.25, -0.2) is 0 Å². The van der Waals surface area contributed by atoms with E-state index in [1.165, 1.54) is 0 Å². The maximum Gasteiger partial charge on any atom is 0.0110 e. The standard InChI is InChI=1S/C7H17PS2/c1-6(2)8(9,10-5)7(3)4/h6-7H,1-5H3. The van der Waals surface area contributed by atoms with Crippen molar-refractivity contribution in [1.82, 2.24) is 0 Å². The van der Waals surface area contributed by atoms with Crippen LogP contribution in [0.25, 0.3) is 0 Å². The first-order valence-electron chi connectivity index (χ1n) is 3.60. The Hall–Kier alpha value is 1.00. The summed E-state index contributed by atoms with van der Waals surface area (Å²) in [6.45, 7) is 8.99. The molecular formula is C7H17PS2. The van der Waals surface area contributed by atoms with Crippen LogP contribution in [0.3, 0.4) is 0 Å². The monoisotopic (exact) mass is 196 g/mol. The average molecular weight is 196 g/mol. The van der Waals surface area contributed by atoms with E-state index in [9.17, 15) is 0 Å². The smallest absolute Gasteiger partial charge is 0.0110 e. The molecule has 0 fully saturated rings. The summed E-state index contributed by atoms with van der Waals surface area (Å²) in [5.41, 5.74) is 1.38. The summed E-state index contributed by atoms with van der Waals surface area (Å²) in [7, 11) is 0. The molecule has 0 nitrogen and oxygen atoms in total. The lowest BCUT2D eigenvalue weighted by Gasteiger charge is -2.27. The van der Waals surface area contributed by atoms with Crippen molar-refractivity contribution in [2.45, 2.75) is 39.0 Å². The van der Waals surface area contributed by atoms with Gasteiger partial charge in [-0.2, -0.15) is 0 Å². The molecule has 0 N–H and O–H groups in total. The Morgan fingerprint density at radius 2 is 1.40 bits per heavy atom. The second-order valence-electron chi connectivity index (χ2n) is 3.02. The van der Waals surface area contributed by atoms with E-state index < -0.39 is 5.24 Å². The van der Waals surface area contributed by atoms with Crippen molar-refractivity contribution in [1.29, 1.82) is 0 Å². The van der Waals surface area contributed by atoms with E-state index in [4.69, 9.17) is 11.8 Å². The van der Waals surface area contributed by atoms with Crippen LogP contribution >= 0.6 is 16.6 Å². The first-order valence-corrected chi connectivity index (χ1v) is 8.37. The summed E-state index contributed by atoms with van der Waals surface area (Å²) in [5, 5.41) is -1.09. The first kappa shape index (κ1) is 11.0. The SMILES string of the molecule is CSP(=S)(C(C)C)C(C)C. The molecule has 0 atom stereocenters. The fourth-order valence-electron chi connectivity index (χ4n) is 1.02. The van der Waals surface area contributed by atoms with Crippen molar-refractivity contribution in [3.63, 3.8) is 0 Å². The van der Waals surface area contributed by atoms with Crippen LogP contribution in [0, 0.1) is 0 Å². The summed E-state index contributed by atoms with van der Waals surface area (Å²) in [6.07, 6.45) is 2.15. The lowest BCUT2D eigenvalue weighted by molar-refractivity contribution is 1.03. The Balaban J connectivity index is 4.40. The second-order valence-corrected chi connectivity index (χ2v) is 12.2. The Morgan fingerprint density at radius 1 is 1.10 bits per heavy atom. The van der Waals surface area contributed by atoms with Crippen molar-refractivity contribution in [3.8, 4) is 0 Å². The predicted molar refractivity (Wildman–Crippen MR) is 58.1 cm³/mol. The van der Waals surface area contributed by atoms with Gasteiger partial charge in [0.1, 0.15) is 0 Å². The molecule has 0 aliphatic rings. The summed E-state index contributed by atoms with van der Waals surface area (Å²) in [5.74, 6) is 0. The summed E-state index contributed by atoms with van der Waals surface area (Å²) in [4.78, 5) is 0. The molecule has 0 spiro atoms. The molecule has 0 saturated carbocycles. The molecule has 0 aromatic rings. The Labute approximate surface area is 73.9 Å². The van der Waals surface area contributed by atoms with Crippen LogP contribution in [0.15, 0.2) is 0 Å². The normalized spacial score (nSPS) is 13.1. The lowest BCUT2D eigenvalue weighted by atomic mass is 10.5. The summed E-state index contributed by atoms with van der Waals surface area (Å²) >= 11 is 7.54. The molecule has 0 aliphatic heterocycles. The van der Waals surface area contributed by atoms with E-state index in [-0.39, 0.29) is 0 Å². The van der Waals surface area contributed by atoms with Gasteiger partial charge in [-0.3, -0.25) is 0 Å². The summed E-state index contributed by atoms with van der Waals surface area (Å²) in [6, 6.07) is 0. The van der Waals surface area contributed by atoms with Crippen molar-refractivity contribution in [3.05, 3.63) is 0 Å². The van der Waals surface area contributed by atoms with Crippen molar-refractivity contribution < 1.29 is 0 Å². The number of hydrogen-bond acceptors (Lipinski definition) is 2. The van der Waals surface area contributed by atoms with Gasteiger partial charge in [-0.15, -0.1) is 11.4 Å². The molecule has 0 heterocycles. The van der Waals surface area contributed by atoms with E-state index in [1.807, 2.05) is 11.4 Å².